The fraction of sp³-hybridized carbons (Fsp3) is 0.600. The SMILES string of the molecule is CCCc1ccc(C(O)C2CC2(C)C)cc1. The van der Waals surface area contributed by atoms with Gasteiger partial charge in [0.25, 0.3) is 0 Å². The largest absolute Gasteiger partial charge is 0.388 e. The van der Waals surface area contributed by atoms with Gasteiger partial charge in [0.2, 0.25) is 0 Å². The summed E-state index contributed by atoms with van der Waals surface area (Å²) in [6.45, 7) is 6.65. The van der Waals surface area contributed by atoms with Crippen molar-refractivity contribution < 1.29 is 5.11 Å². The molecule has 88 valence electrons. The Labute approximate surface area is 98.5 Å². The normalized spacial score (nSPS) is 24.1. The number of rotatable bonds is 4. The summed E-state index contributed by atoms with van der Waals surface area (Å²) in [5.41, 5.74) is 2.78. The Morgan fingerprint density at radius 3 is 2.31 bits per heavy atom. The van der Waals surface area contributed by atoms with E-state index in [-0.39, 0.29) is 6.10 Å². The highest BCUT2D eigenvalue weighted by Crippen LogP contribution is 2.57. The Hall–Kier alpha value is -0.820. The van der Waals surface area contributed by atoms with Crippen LogP contribution in [-0.4, -0.2) is 5.11 Å². The summed E-state index contributed by atoms with van der Waals surface area (Å²) in [6, 6.07) is 8.48. The molecule has 0 spiro atoms. The maximum Gasteiger partial charge on any atom is 0.0823 e. The number of aliphatic hydroxyl groups excluding tert-OH is 1. The fourth-order valence-electron chi connectivity index (χ4n) is 2.45. The van der Waals surface area contributed by atoms with Gasteiger partial charge < -0.3 is 5.11 Å². The third-order valence-electron chi connectivity index (χ3n) is 3.83. The lowest BCUT2D eigenvalue weighted by Crippen LogP contribution is -2.04. The predicted octanol–water partition coefficient (Wildman–Crippen LogP) is 3.72. The minimum absolute atomic E-state index is 0.273. The molecule has 1 aliphatic carbocycles. The van der Waals surface area contributed by atoms with Crippen LogP contribution < -0.4 is 0 Å². The van der Waals surface area contributed by atoms with Crippen LogP contribution in [0.5, 0.6) is 0 Å². The van der Waals surface area contributed by atoms with Gasteiger partial charge in [-0.25, -0.2) is 0 Å². The first kappa shape index (κ1) is 11.7. The van der Waals surface area contributed by atoms with Gasteiger partial charge in [0.1, 0.15) is 0 Å². The van der Waals surface area contributed by atoms with Gasteiger partial charge >= 0.3 is 0 Å². The molecule has 16 heavy (non-hydrogen) atoms. The number of aryl methyl sites for hydroxylation is 1. The number of hydrogen-bond donors (Lipinski definition) is 1. The molecule has 1 aromatic carbocycles. The monoisotopic (exact) mass is 218 g/mol. The second-order valence-electron chi connectivity index (χ2n) is 5.74. The van der Waals surface area contributed by atoms with Crippen LogP contribution in [-0.2, 0) is 6.42 Å². The van der Waals surface area contributed by atoms with Crippen molar-refractivity contribution in [2.75, 3.05) is 0 Å². The summed E-state index contributed by atoms with van der Waals surface area (Å²) in [7, 11) is 0. The highest BCUT2D eigenvalue weighted by atomic mass is 16.3. The molecule has 1 N–H and O–H groups in total. The molecule has 0 aromatic heterocycles. The number of aliphatic hydroxyl groups is 1. The van der Waals surface area contributed by atoms with Crippen LogP contribution in [0.3, 0.4) is 0 Å². The van der Waals surface area contributed by atoms with E-state index < -0.39 is 0 Å². The Kier molecular flexibility index (Phi) is 3.07. The molecule has 1 saturated carbocycles. The molecule has 0 bridgehead atoms. The van der Waals surface area contributed by atoms with E-state index in [2.05, 4.69) is 45.0 Å². The summed E-state index contributed by atoms with van der Waals surface area (Å²) in [4.78, 5) is 0. The van der Waals surface area contributed by atoms with Crippen molar-refractivity contribution in [1.82, 2.24) is 0 Å². The van der Waals surface area contributed by atoms with E-state index in [0.29, 0.717) is 11.3 Å². The molecule has 0 amide bonds. The summed E-state index contributed by atoms with van der Waals surface area (Å²) < 4.78 is 0. The maximum absolute atomic E-state index is 10.2. The molecule has 2 atom stereocenters. The number of hydrogen-bond acceptors (Lipinski definition) is 1. The Bertz CT molecular complexity index is 350. The third-order valence-corrected chi connectivity index (χ3v) is 3.83. The van der Waals surface area contributed by atoms with Crippen molar-refractivity contribution in [2.24, 2.45) is 11.3 Å². The first-order valence-corrected chi connectivity index (χ1v) is 6.31. The minimum Gasteiger partial charge on any atom is -0.388 e. The molecule has 1 heteroatoms. The van der Waals surface area contributed by atoms with Gasteiger partial charge in [-0.15, -0.1) is 0 Å². The molecule has 0 aliphatic heterocycles. The Morgan fingerprint density at radius 1 is 1.31 bits per heavy atom. The van der Waals surface area contributed by atoms with Crippen LogP contribution in [0.25, 0.3) is 0 Å². The van der Waals surface area contributed by atoms with Crippen LogP contribution in [0, 0.1) is 11.3 Å². The van der Waals surface area contributed by atoms with Crippen molar-refractivity contribution in [2.45, 2.75) is 46.1 Å². The highest BCUT2D eigenvalue weighted by molar-refractivity contribution is 5.26. The van der Waals surface area contributed by atoms with E-state index in [9.17, 15) is 5.11 Å². The van der Waals surface area contributed by atoms with E-state index in [1.165, 1.54) is 12.0 Å². The average molecular weight is 218 g/mol. The lowest BCUT2D eigenvalue weighted by Gasteiger charge is -2.13. The average Bonchev–Trinajstić information content (AvgIpc) is 2.88. The van der Waals surface area contributed by atoms with Gasteiger partial charge in [0, 0.05) is 0 Å². The van der Waals surface area contributed by atoms with Crippen molar-refractivity contribution in [3.05, 3.63) is 35.4 Å². The molecular weight excluding hydrogens is 196 g/mol. The first-order valence-electron chi connectivity index (χ1n) is 6.31. The van der Waals surface area contributed by atoms with Gasteiger partial charge in [0.05, 0.1) is 6.10 Å². The zero-order valence-electron chi connectivity index (χ0n) is 10.5. The van der Waals surface area contributed by atoms with Crippen molar-refractivity contribution in [1.29, 1.82) is 0 Å². The second kappa shape index (κ2) is 4.21. The van der Waals surface area contributed by atoms with E-state index in [4.69, 9.17) is 0 Å². The van der Waals surface area contributed by atoms with E-state index >= 15 is 0 Å². The molecular formula is C15H22O. The molecule has 0 radical (unpaired) electrons. The van der Waals surface area contributed by atoms with E-state index in [1.54, 1.807) is 0 Å². The fourth-order valence-corrected chi connectivity index (χ4v) is 2.45. The molecule has 2 rings (SSSR count). The zero-order valence-corrected chi connectivity index (χ0v) is 10.5. The topological polar surface area (TPSA) is 20.2 Å². The third kappa shape index (κ3) is 2.30. The minimum atomic E-state index is -0.273. The summed E-state index contributed by atoms with van der Waals surface area (Å²) >= 11 is 0. The second-order valence-corrected chi connectivity index (χ2v) is 5.74. The van der Waals surface area contributed by atoms with Crippen molar-refractivity contribution in [3.63, 3.8) is 0 Å². The van der Waals surface area contributed by atoms with Crippen LogP contribution in [0.2, 0.25) is 0 Å². The summed E-state index contributed by atoms with van der Waals surface area (Å²) in [5.74, 6) is 0.449. The quantitative estimate of drug-likeness (QED) is 0.816. The van der Waals surface area contributed by atoms with Gasteiger partial charge in [-0.3, -0.25) is 0 Å². The Balaban J connectivity index is 2.04. The molecule has 0 heterocycles. The highest BCUT2D eigenvalue weighted by Gasteiger charge is 2.50. The van der Waals surface area contributed by atoms with Gasteiger partial charge in [-0.1, -0.05) is 51.5 Å². The maximum atomic E-state index is 10.2. The molecule has 2 unspecified atom stereocenters. The molecule has 1 aliphatic rings. The van der Waals surface area contributed by atoms with Crippen LogP contribution in [0.4, 0.5) is 0 Å². The Morgan fingerprint density at radius 2 is 1.88 bits per heavy atom. The van der Waals surface area contributed by atoms with Crippen LogP contribution in [0.15, 0.2) is 24.3 Å². The van der Waals surface area contributed by atoms with E-state index in [1.807, 2.05) is 0 Å². The summed E-state index contributed by atoms with van der Waals surface area (Å²) in [6.07, 6.45) is 3.18. The molecule has 1 nitrogen and oxygen atoms in total. The van der Waals surface area contributed by atoms with Crippen LogP contribution in [0.1, 0.15) is 50.8 Å². The smallest absolute Gasteiger partial charge is 0.0823 e. The number of benzene rings is 1. The summed E-state index contributed by atoms with van der Waals surface area (Å²) in [5, 5.41) is 10.2. The predicted molar refractivity (Wildman–Crippen MR) is 67.3 cm³/mol. The molecule has 1 aromatic rings. The lowest BCUT2D eigenvalue weighted by atomic mass is 9.98. The van der Waals surface area contributed by atoms with Crippen molar-refractivity contribution in [3.8, 4) is 0 Å². The molecule has 0 saturated heterocycles. The van der Waals surface area contributed by atoms with Gasteiger partial charge in [-0.2, -0.15) is 0 Å². The standard InChI is InChI=1S/C15H22O/c1-4-5-11-6-8-12(9-7-11)14(16)13-10-15(13,2)3/h6-9,13-14,16H,4-5,10H2,1-3H3. The van der Waals surface area contributed by atoms with Crippen molar-refractivity contribution >= 4 is 0 Å². The lowest BCUT2D eigenvalue weighted by molar-refractivity contribution is 0.138. The first-order chi connectivity index (χ1) is 7.54. The van der Waals surface area contributed by atoms with E-state index in [0.717, 1.165) is 18.4 Å². The van der Waals surface area contributed by atoms with Gasteiger partial charge in [-0.05, 0) is 35.3 Å². The zero-order chi connectivity index (χ0) is 11.8. The molecule has 1 fully saturated rings. The van der Waals surface area contributed by atoms with Gasteiger partial charge in [0.15, 0.2) is 0 Å². The van der Waals surface area contributed by atoms with Crippen LogP contribution >= 0.6 is 0 Å².